The maximum atomic E-state index is 12.2. The summed E-state index contributed by atoms with van der Waals surface area (Å²) < 4.78 is 11.2. The molecule has 0 unspecified atom stereocenters. The number of amides is 1. The van der Waals surface area contributed by atoms with E-state index in [0.29, 0.717) is 34.2 Å². The van der Waals surface area contributed by atoms with Crippen molar-refractivity contribution in [1.29, 1.82) is 0 Å². The van der Waals surface area contributed by atoms with E-state index in [-0.39, 0.29) is 11.7 Å². The van der Waals surface area contributed by atoms with Crippen molar-refractivity contribution < 1.29 is 13.9 Å². The number of thioether (sulfide) groups is 1. The Kier molecular flexibility index (Phi) is 6.73. The first-order valence-corrected chi connectivity index (χ1v) is 9.76. The van der Waals surface area contributed by atoms with Crippen LogP contribution in [-0.2, 0) is 4.79 Å². The predicted molar refractivity (Wildman–Crippen MR) is 106 cm³/mol. The van der Waals surface area contributed by atoms with Gasteiger partial charge in [-0.05, 0) is 42.8 Å². The molecular weight excluding hydrogens is 386 g/mol. The van der Waals surface area contributed by atoms with Crippen LogP contribution in [0.4, 0.5) is 5.69 Å². The quantitative estimate of drug-likeness (QED) is 0.538. The molecule has 2 aromatic carbocycles. The van der Waals surface area contributed by atoms with Crippen LogP contribution in [0.5, 0.6) is 5.75 Å². The van der Waals surface area contributed by atoms with E-state index in [0.717, 1.165) is 12.0 Å². The van der Waals surface area contributed by atoms with E-state index in [1.807, 2.05) is 25.1 Å². The van der Waals surface area contributed by atoms with Gasteiger partial charge >= 0.3 is 0 Å². The second kappa shape index (κ2) is 9.43. The first-order chi connectivity index (χ1) is 13.2. The van der Waals surface area contributed by atoms with E-state index in [2.05, 4.69) is 15.5 Å². The maximum Gasteiger partial charge on any atom is 0.277 e. The summed E-state index contributed by atoms with van der Waals surface area (Å²) >= 11 is 7.04. The Labute approximate surface area is 166 Å². The van der Waals surface area contributed by atoms with E-state index < -0.39 is 0 Å². The summed E-state index contributed by atoms with van der Waals surface area (Å²) in [7, 11) is 0. The first kappa shape index (κ1) is 19.3. The van der Waals surface area contributed by atoms with Crippen molar-refractivity contribution in [2.24, 2.45) is 0 Å². The molecule has 1 N–H and O–H groups in total. The Hall–Kier alpha value is -2.51. The summed E-state index contributed by atoms with van der Waals surface area (Å²) in [5.74, 6) is 0.997. The highest BCUT2D eigenvalue weighted by atomic mass is 35.5. The number of nitrogens with one attached hydrogen (secondary N) is 1. The largest absolute Gasteiger partial charge is 0.491 e. The van der Waals surface area contributed by atoms with E-state index in [9.17, 15) is 4.79 Å². The normalized spacial score (nSPS) is 10.6. The van der Waals surface area contributed by atoms with Crippen LogP contribution in [0.2, 0.25) is 5.02 Å². The number of para-hydroxylation sites is 2. The van der Waals surface area contributed by atoms with E-state index in [1.165, 1.54) is 11.8 Å². The highest BCUT2D eigenvalue weighted by molar-refractivity contribution is 7.99. The molecule has 0 bridgehead atoms. The second-order valence-electron chi connectivity index (χ2n) is 5.56. The van der Waals surface area contributed by atoms with Gasteiger partial charge in [0.2, 0.25) is 11.8 Å². The van der Waals surface area contributed by atoms with Crippen LogP contribution >= 0.6 is 23.4 Å². The van der Waals surface area contributed by atoms with Crippen molar-refractivity contribution in [1.82, 2.24) is 10.2 Å². The molecule has 0 spiro atoms. The molecule has 27 heavy (non-hydrogen) atoms. The molecule has 0 saturated heterocycles. The third kappa shape index (κ3) is 5.48. The maximum absolute atomic E-state index is 12.2. The summed E-state index contributed by atoms with van der Waals surface area (Å²) in [5, 5.41) is 11.8. The fourth-order valence-electron chi connectivity index (χ4n) is 2.20. The minimum Gasteiger partial charge on any atom is -0.491 e. The lowest BCUT2D eigenvalue weighted by Gasteiger charge is -2.11. The Morgan fingerprint density at radius 2 is 1.96 bits per heavy atom. The average molecular weight is 404 g/mol. The number of halogens is 1. The van der Waals surface area contributed by atoms with Crippen molar-refractivity contribution in [3.8, 4) is 17.2 Å². The number of benzene rings is 2. The zero-order chi connectivity index (χ0) is 19.1. The number of anilines is 1. The van der Waals surface area contributed by atoms with Crippen LogP contribution in [0.15, 0.2) is 58.2 Å². The highest BCUT2D eigenvalue weighted by Gasteiger charge is 2.12. The molecule has 0 aliphatic carbocycles. The van der Waals surface area contributed by atoms with Gasteiger partial charge in [-0.15, -0.1) is 10.2 Å². The van der Waals surface area contributed by atoms with Gasteiger partial charge in [0, 0.05) is 10.6 Å². The molecule has 0 aliphatic rings. The van der Waals surface area contributed by atoms with E-state index in [4.69, 9.17) is 20.8 Å². The van der Waals surface area contributed by atoms with Gasteiger partial charge in [0.1, 0.15) is 5.75 Å². The molecule has 1 amide bonds. The minimum absolute atomic E-state index is 0.143. The standard InChI is InChI=1S/C19H18ClN3O3S/c1-2-11-25-16-6-4-3-5-15(16)21-17(24)12-27-19-23-22-18(26-19)13-7-9-14(20)10-8-13/h3-10H,2,11-12H2,1H3,(H,21,24). The fourth-order valence-corrected chi connectivity index (χ4v) is 2.89. The Balaban J connectivity index is 1.56. The van der Waals surface area contributed by atoms with Gasteiger partial charge in [0.25, 0.3) is 5.22 Å². The molecule has 0 aliphatic heterocycles. The van der Waals surface area contributed by atoms with Crippen LogP contribution < -0.4 is 10.1 Å². The number of aromatic nitrogens is 2. The van der Waals surface area contributed by atoms with Crippen molar-refractivity contribution in [2.45, 2.75) is 18.6 Å². The fraction of sp³-hybridized carbons (Fsp3) is 0.211. The average Bonchev–Trinajstić information content (AvgIpc) is 3.15. The van der Waals surface area contributed by atoms with Gasteiger partial charge in [-0.25, -0.2) is 0 Å². The number of carbonyl (C=O) groups excluding carboxylic acids is 1. The van der Waals surface area contributed by atoms with Crippen molar-refractivity contribution in [3.05, 3.63) is 53.6 Å². The third-order valence-electron chi connectivity index (χ3n) is 3.45. The molecule has 0 saturated carbocycles. The molecule has 0 fully saturated rings. The topological polar surface area (TPSA) is 77.2 Å². The molecule has 1 heterocycles. The SMILES string of the molecule is CCCOc1ccccc1NC(=O)CSc1nnc(-c2ccc(Cl)cc2)o1. The Bertz CT molecular complexity index is 899. The third-order valence-corrected chi connectivity index (χ3v) is 4.52. The lowest BCUT2D eigenvalue weighted by molar-refractivity contribution is -0.113. The van der Waals surface area contributed by atoms with Crippen molar-refractivity contribution in [3.63, 3.8) is 0 Å². The Morgan fingerprint density at radius 1 is 1.19 bits per heavy atom. The van der Waals surface area contributed by atoms with Crippen molar-refractivity contribution in [2.75, 3.05) is 17.7 Å². The van der Waals surface area contributed by atoms with Gasteiger partial charge in [-0.3, -0.25) is 4.79 Å². The summed E-state index contributed by atoms with van der Waals surface area (Å²) in [4.78, 5) is 12.2. The summed E-state index contributed by atoms with van der Waals surface area (Å²) in [6, 6.07) is 14.4. The number of rotatable bonds is 8. The van der Waals surface area contributed by atoms with Gasteiger partial charge in [-0.1, -0.05) is 42.4 Å². The van der Waals surface area contributed by atoms with Crippen molar-refractivity contribution >= 4 is 35.0 Å². The van der Waals surface area contributed by atoms with E-state index in [1.54, 1.807) is 30.3 Å². The number of ether oxygens (including phenoxy) is 1. The van der Waals surface area contributed by atoms with Gasteiger partial charge in [0.15, 0.2) is 0 Å². The molecule has 0 atom stereocenters. The lowest BCUT2D eigenvalue weighted by atomic mass is 10.2. The highest BCUT2D eigenvalue weighted by Crippen LogP contribution is 2.26. The van der Waals surface area contributed by atoms with Gasteiger partial charge in [0.05, 0.1) is 18.0 Å². The van der Waals surface area contributed by atoms with Gasteiger partial charge < -0.3 is 14.5 Å². The number of carbonyl (C=O) groups is 1. The van der Waals surface area contributed by atoms with Crippen LogP contribution in [-0.4, -0.2) is 28.5 Å². The van der Waals surface area contributed by atoms with Crippen LogP contribution in [0.25, 0.3) is 11.5 Å². The number of hydrogen-bond acceptors (Lipinski definition) is 6. The second-order valence-corrected chi connectivity index (χ2v) is 6.92. The molecule has 3 rings (SSSR count). The molecule has 0 radical (unpaired) electrons. The van der Waals surface area contributed by atoms with Crippen LogP contribution in [0.3, 0.4) is 0 Å². The smallest absolute Gasteiger partial charge is 0.277 e. The molecule has 1 aromatic heterocycles. The minimum atomic E-state index is -0.182. The van der Waals surface area contributed by atoms with Crippen LogP contribution in [0, 0.1) is 0 Å². The molecular formula is C19H18ClN3O3S. The predicted octanol–water partition coefficient (Wildman–Crippen LogP) is 4.91. The summed E-state index contributed by atoms with van der Waals surface area (Å²) in [5.41, 5.74) is 1.41. The van der Waals surface area contributed by atoms with E-state index >= 15 is 0 Å². The zero-order valence-corrected chi connectivity index (χ0v) is 16.2. The molecule has 140 valence electrons. The first-order valence-electron chi connectivity index (χ1n) is 8.39. The summed E-state index contributed by atoms with van der Waals surface area (Å²) in [6.07, 6.45) is 0.894. The zero-order valence-electron chi connectivity index (χ0n) is 14.6. The number of hydrogen-bond donors (Lipinski definition) is 1. The summed E-state index contributed by atoms with van der Waals surface area (Å²) in [6.45, 7) is 2.62. The van der Waals surface area contributed by atoms with Crippen LogP contribution in [0.1, 0.15) is 13.3 Å². The lowest BCUT2D eigenvalue weighted by Crippen LogP contribution is -2.15. The monoisotopic (exact) mass is 403 g/mol. The van der Waals surface area contributed by atoms with Gasteiger partial charge in [-0.2, -0.15) is 0 Å². The molecule has 6 nitrogen and oxygen atoms in total. The molecule has 3 aromatic rings. The molecule has 8 heteroatoms. The number of nitrogens with zero attached hydrogens (tertiary/aromatic N) is 2. The Morgan fingerprint density at radius 3 is 2.74 bits per heavy atom.